The molecule has 118 valence electrons. The summed E-state index contributed by atoms with van der Waals surface area (Å²) < 4.78 is 0. The molecule has 1 saturated heterocycles. The fraction of sp³-hybridized carbons (Fsp3) is 0.231. The minimum absolute atomic E-state index is 0.0474. The van der Waals surface area contributed by atoms with Crippen molar-refractivity contribution in [3.8, 4) is 0 Å². The van der Waals surface area contributed by atoms with Crippen LogP contribution in [0.1, 0.15) is 6.42 Å². The molecule has 0 bridgehead atoms. The first-order valence-corrected chi connectivity index (χ1v) is 6.58. The summed E-state index contributed by atoms with van der Waals surface area (Å²) in [5.41, 5.74) is 5.79. The van der Waals surface area contributed by atoms with E-state index in [2.05, 4.69) is 5.32 Å². The Balaban J connectivity index is 0.000000239. The molecular weight excluding hydrogens is 310 g/mol. The van der Waals surface area contributed by atoms with E-state index >= 15 is 0 Å². The number of hydrogen-bond acceptors (Lipinski definition) is 5. The molecule has 0 saturated carbocycles. The number of benzene rings is 1. The Kier molecular flexibility index (Phi) is 6.42. The molecule has 2 rings (SSSR count). The summed E-state index contributed by atoms with van der Waals surface area (Å²) in [5, 5.41) is 19.1. The summed E-state index contributed by atoms with van der Waals surface area (Å²) in [7, 11) is 0. The molecule has 1 aromatic carbocycles. The Labute approximate surface area is 131 Å². The smallest absolute Gasteiger partial charge is 0.321 e. The fourth-order valence-electron chi connectivity index (χ4n) is 1.53. The first-order chi connectivity index (χ1) is 10.3. The lowest BCUT2D eigenvalue weighted by Gasteiger charge is -2.14. The molecule has 0 aromatic heterocycles. The lowest BCUT2D eigenvalue weighted by molar-refractivity contribution is -0.144. The summed E-state index contributed by atoms with van der Waals surface area (Å²) in [6, 6.07) is 8.32. The van der Waals surface area contributed by atoms with E-state index in [4.69, 9.17) is 28.2 Å². The van der Waals surface area contributed by atoms with Crippen LogP contribution in [0.5, 0.6) is 0 Å². The number of nitrogens with two attached hydrogens (primary N) is 1. The highest BCUT2D eigenvalue weighted by Crippen LogP contribution is 2.15. The van der Waals surface area contributed by atoms with Crippen molar-refractivity contribution in [2.45, 2.75) is 12.5 Å². The maximum absolute atomic E-state index is 11.0. The van der Waals surface area contributed by atoms with Crippen molar-refractivity contribution in [2.75, 3.05) is 11.4 Å². The molecule has 9 heteroatoms. The van der Waals surface area contributed by atoms with Gasteiger partial charge < -0.3 is 26.2 Å². The van der Waals surface area contributed by atoms with Gasteiger partial charge in [-0.25, -0.2) is 0 Å². The molecule has 1 atom stereocenters. The average Bonchev–Trinajstić information content (AvgIpc) is 2.78. The van der Waals surface area contributed by atoms with Crippen LogP contribution in [0, 0.1) is 0 Å². The molecule has 0 aliphatic carbocycles. The van der Waals surface area contributed by atoms with Crippen molar-refractivity contribution in [2.24, 2.45) is 5.73 Å². The van der Waals surface area contributed by atoms with Crippen molar-refractivity contribution in [3.05, 3.63) is 30.3 Å². The standard InChI is InChI=1S/C9H8N2OS.C4H7NO4/c12-8-6-11(9(13)10-8)7-4-2-1-3-5-7;5-2(4(8)9)1-3(6)7/h1-5H,6H2,(H,10,12,13);2H,1,5H2,(H,6,7)(H,8,9)/t;2-/m.0/s1. The third kappa shape index (κ3) is 5.46. The van der Waals surface area contributed by atoms with Crippen molar-refractivity contribution in [1.29, 1.82) is 0 Å². The van der Waals surface area contributed by atoms with Crippen LogP contribution in [0.15, 0.2) is 30.3 Å². The second kappa shape index (κ2) is 8.05. The van der Waals surface area contributed by atoms with E-state index in [1.807, 2.05) is 30.3 Å². The van der Waals surface area contributed by atoms with E-state index in [1.165, 1.54) is 0 Å². The monoisotopic (exact) mass is 325 g/mol. The summed E-state index contributed by atoms with van der Waals surface area (Å²) in [6.45, 7) is 0.322. The topological polar surface area (TPSA) is 133 Å². The zero-order valence-electron chi connectivity index (χ0n) is 11.4. The number of aliphatic carboxylic acids is 2. The first kappa shape index (κ1) is 17.5. The third-order valence-electron chi connectivity index (χ3n) is 2.57. The number of thiocarbonyl (C=S) groups is 1. The van der Waals surface area contributed by atoms with Gasteiger partial charge in [-0.15, -0.1) is 0 Å². The van der Waals surface area contributed by atoms with E-state index in [9.17, 15) is 14.4 Å². The number of para-hydroxylation sites is 1. The van der Waals surface area contributed by atoms with Crippen molar-refractivity contribution >= 4 is 40.9 Å². The molecule has 22 heavy (non-hydrogen) atoms. The maximum Gasteiger partial charge on any atom is 0.321 e. The number of nitrogens with one attached hydrogen (secondary N) is 1. The quantitative estimate of drug-likeness (QED) is 0.558. The van der Waals surface area contributed by atoms with Crippen LogP contribution in [0.2, 0.25) is 0 Å². The second-order valence-electron chi connectivity index (χ2n) is 4.32. The van der Waals surface area contributed by atoms with Crippen molar-refractivity contribution < 1.29 is 24.6 Å². The third-order valence-corrected chi connectivity index (χ3v) is 2.90. The van der Waals surface area contributed by atoms with Crippen LogP contribution >= 0.6 is 12.2 Å². The van der Waals surface area contributed by atoms with Gasteiger partial charge in [-0.2, -0.15) is 0 Å². The number of rotatable bonds is 4. The number of carboxylic acids is 2. The van der Waals surface area contributed by atoms with E-state index in [1.54, 1.807) is 4.90 Å². The minimum atomic E-state index is -1.29. The van der Waals surface area contributed by atoms with Crippen LogP contribution in [-0.2, 0) is 14.4 Å². The van der Waals surface area contributed by atoms with E-state index < -0.39 is 24.4 Å². The number of carbonyl (C=O) groups excluding carboxylic acids is 1. The largest absolute Gasteiger partial charge is 0.481 e. The zero-order valence-corrected chi connectivity index (χ0v) is 12.2. The van der Waals surface area contributed by atoms with Gasteiger partial charge in [-0.05, 0) is 24.4 Å². The lowest BCUT2D eigenvalue weighted by atomic mass is 10.2. The molecule has 1 fully saturated rings. The number of amides is 1. The van der Waals surface area contributed by atoms with Gasteiger partial charge in [-0.3, -0.25) is 14.4 Å². The molecule has 5 N–H and O–H groups in total. The number of carboxylic acid groups (broad SMARTS) is 2. The van der Waals surface area contributed by atoms with Gasteiger partial charge in [0.2, 0.25) is 5.91 Å². The summed E-state index contributed by atoms with van der Waals surface area (Å²) in [4.78, 5) is 32.4. The number of nitrogens with zero attached hydrogens (tertiary/aromatic N) is 1. The van der Waals surface area contributed by atoms with Gasteiger partial charge in [0.25, 0.3) is 0 Å². The highest BCUT2D eigenvalue weighted by Gasteiger charge is 2.23. The minimum Gasteiger partial charge on any atom is -0.481 e. The summed E-state index contributed by atoms with van der Waals surface area (Å²) >= 11 is 4.99. The molecule has 1 heterocycles. The molecule has 1 aliphatic heterocycles. The number of hydrogen-bond donors (Lipinski definition) is 4. The second-order valence-corrected chi connectivity index (χ2v) is 4.70. The highest BCUT2D eigenvalue weighted by atomic mass is 32.1. The van der Waals surface area contributed by atoms with Gasteiger partial charge in [0, 0.05) is 5.69 Å². The van der Waals surface area contributed by atoms with Gasteiger partial charge in [-0.1, -0.05) is 18.2 Å². The van der Waals surface area contributed by atoms with Crippen molar-refractivity contribution in [1.82, 2.24) is 5.32 Å². The number of anilines is 1. The van der Waals surface area contributed by atoms with E-state index in [0.717, 1.165) is 5.69 Å². The van der Waals surface area contributed by atoms with E-state index in [-0.39, 0.29) is 5.91 Å². The van der Waals surface area contributed by atoms with Crippen LogP contribution in [0.4, 0.5) is 5.69 Å². The Morgan fingerprint density at radius 1 is 1.32 bits per heavy atom. The molecule has 0 unspecified atom stereocenters. The maximum atomic E-state index is 11.0. The van der Waals surface area contributed by atoms with Gasteiger partial charge >= 0.3 is 11.9 Å². The molecule has 0 spiro atoms. The normalized spacial score (nSPS) is 14.7. The average molecular weight is 325 g/mol. The molecule has 1 amide bonds. The molecule has 1 aliphatic rings. The lowest BCUT2D eigenvalue weighted by Crippen LogP contribution is -2.32. The summed E-state index contributed by atoms with van der Waals surface area (Å²) in [6.07, 6.45) is -0.532. The molecule has 8 nitrogen and oxygen atoms in total. The van der Waals surface area contributed by atoms with Crippen molar-refractivity contribution in [3.63, 3.8) is 0 Å². The van der Waals surface area contributed by atoms with Crippen LogP contribution < -0.4 is 16.0 Å². The highest BCUT2D eigenvalue weighted by molar-refractivity contribution is 7.80. The van der Waals surface area contributed by atoms with Gasteiger partial charge in [0.1, 0.15) is 12.6 Å². The number of carbonyl (C=O) groups is 3. The predicted molar refractivity (Wildman–Crippen MR) is 82.4 cm³/mol. The molecule has 1 aromatic rings. The van der Waals surface area contributed by atoms with Crippen LogP contribution in [0.25, 0.3) is 0 Å². The SMILES string of the molecule is N[C@@H](CC(=O)O)C(=O)O.O=C1CN(c2ccccc2)C(=S)N1. The first-order valence-electron chi connectivity index (χ1n) is 6.18. The Morgan fingerprint density at radius 3 is 2.27 bits per heavy atom. The fourth-order valence-corrected chi connectivity index (χ4v) is 1.82. The van der Waals surface area contributed by atoms with Gasteiger partial charge in [0.05, 0.1) is 6.42 Å². The zero-order chi connectivity index (χ0) is 16.7. The summed E-state index contributed by atoms with van der Waals surface area (Å²) in [5.74, 6) is -2.55. The molecule has 0 radical (unpaired) electrons. The Morgan fingerprint density at radius 2 is 1.91 bits per heavy atom. The van der Waals surface area contributed by atoms with E-state index in [0.29, 0.717) is 11.7 Å². The molecular formula is C13H15N3O5S. The van der Waals surface area contributed by atoms with Crippen LogP contribution in [-0.4, -0.2) is 45.8 Å². The Hall–Kier alpha value is -2.52. The predicted octanol–water partition coefficient (Wildman–Crippen LogP) is -0.219. The van der Waals surface area contributed by atoms with Crippen LogP contribution in [0.3, 0.4) is 0 Å². The van der Waals surface area contributed by atoms with Gasteiger partial charge in [0.15, 0.2) is 5.11 Å². The Bertz CT molecular complexity index is 578.